The van der Waals surface area contributed by atoms with Gasteiger partial charge in [-0.05, 0) is 61.6 Å². The number of ether oxygens (including phenoxy) is 1. The van der Waals surface area contributed by atoms with Crippen molar-refractivity contribution < 1.29 is 19.1 Å². The van der Waals surface area contributed by atoms with E-state index in [9.17, 15) is 14.4 Å². The van der Waals surface area contributed by atoms with Gasteiger partial charge < -0.3 is 15.4 Å². The molecule has 7 nitrogen and oxygen atoms in total. The van der Waals surface area contributed by atoms with E-state index in [-0.39, 0.29) is 5.91 Å². The number of para-hydroxylation sites is 1. The van der Waals surface area contributed by atoms with Crippen LogP contribution in [0.1, 0.15) is 41.4 Å². The molecule has 1 aliphatic carbocycles. The highest BCUT2D eigenvalue weighted by Gasteiger charge is 2.24. The van der Waals surface area contributed by atoms with Crippen LogP contribution >= 0.6 is 0 Å². The van der Waals surface area contributed by atoms with E-state index in [1.807, 2.05) is 24.3 Å². The summed E-state index contributed by atoms with van der Waals surface area (Å²) >= 11 is 0. The lowest BCUT2D eigenvalue weighted by molar-refractivity contribution is -0.119. The molecular formula is C24H23N3O4. The molecule has 4 rings (SSSR count). The van der Waals surface area contributed by atoms with E-state index in [0.29, 0.717) is 16.9 Å². The number of aromatic nitrogens is 1. The van der Waals surface area contributed by atoms with Crippen LogP contribution in [0.5, 0.6) is 0 Å². The van der Waals surface area contributed by atoms with Gasteiger partial charge in [-0.25, -0.2) is 4.79 Å². The second kappa shape index (κ2) is 8.95. The van der Waals surface area contributed by atoms with Crippen molar-refractivity contribution >= 4 is 40.1 Å². The molecule has 2 aromatic carbocycles. The lowest BCUT2D eigenvalue weighted by Gasteiger charge is -2.19. The van der Waals surface area contributed by atoms with Crippen LogP contribution in [0.2, 0.25) is 0 Å². The van der Waals surface area contributed by atoms with Crippen molar-refractivity contribution in [1.29, 1.82) is 0 Å². The van der Waals surface area contributed by atoms with E-state index in [0.717, 1.165) is 47.8 Å². The van der Waals surface area contributed by atoms with E-state index >= 15 is 0 Å². The summed E-state index contributed by atoms with van der Waals surface area (Å²) in [5.41, 5.74) is 4.34. The number of nitrogens with one attached hydrogen (secondary N) is 2. The third-order valence-electron chi connectivity index (χ3n) is 5.20. The average Bonchev–Trinajstić information content (AvgIpc) is 2.77. The van der Waals surface area contributed by atoms with Crippen LogP contribution in [-0.2, 0) is 27.2 Å². The van der Waals surface area contributed by atoms with Gasteiger partial charge in [0, 0.05) is 29.4 Å². The van der Waals surface area contributed by atoms with Crippen molar-refractivity contribution in [3.8, 4) is 0 Å². The van der Waals surface area contributed by atoms with Gasteiger partial charge in [0.25, 0.3) is 5.91 Å². The molecular weight excluding hydrogens is 394 g/mol. The Kier molecular flexibility index (Phi) is 5.93. The first kappa shape index (κ1) is 20.5. The Hall–Kier alpha value is -3.74. The van der Waals surface area contributed by atoms with Crippen LogP contribution in [0.3, 0.4) is 0 Å². The number of esters is 1. The van der Waals surface area contributed by atoms with E-state index < -0.39 is 18.5 Å². The third kappa shape index (κ3) is 4.71. The molecule has 0 spiro atoms. The number of aryl methyl sites for hydroxylation is 1. The smallest absolute Gasteiger partial charge is 0.339 e. The number of benzene rings is 2. The molecule has 3 aromatic rings. The average molecular weight is 417 g/mol. The minimum Gasteiger partial charge on any atom is -0.452 e. The maximum atomic E-state index is 13.0. The zero-order valence-corrected chi connectivity index (χ0v) is 17.2. The number of pyridine rings is 1. The summed E-state index contributed by atoms with van der Waals surface area (Å²) in [6.45, 7) is 1.03. The van der Waals surface area contributed by atoms with Gasteiger partial charge in [0.15, 0.2) is 6.61 Å². The van der Waals surface area contributed by atoms with Gasteiger partial charge in [-0.2, -0.15) is 0 Å². The number of carbonyl (C=O) groups excluding carboxylic acids is 3. The Morgan fingerprint density at radius 2 is 1.61 bits per heavy atom. The molecule has 2 N–H and O–H groups in total. The zero-order valence-electron chi connectivity index (χ0n) is 17.2. The highest BCUT2D eigenvalue weighted by molar-refractivity contribution is 6.06. The van der Waals surface area contributed by atoms with Crippen LogP contribution in [-0.4, -0.2) is 29.4 Å². The first-order valence-electron chi connectivity index (χ1n) is 10.3. The first-order valence-corrected chi connectivity index (χ1v) is 10.3. The number of carbonyl (C=O) groups is 3. The van der Waals surface area contributed by atoms with E-state index in [2.05, 4.69) is 10.6 Å². The molecule has 0 saturated heterocycles. The molecule has 0 fully saturated rings. The molecule has 0 bridgehead atoms. The molecule has 1 heterocycles. The van der Waals surface area contributed by atoms with Gasteiger partial charge in [0.1, 0.15) is 0 Å². The minimum atomic E-state index is -0.507. The molecule has 0 aliphatic heterocycles. The van der Waals surface area contributed by atoms with Crippen molar-refractivity contribution in [2.24, 2.45) is 0 Å². The molecule has 0 atom stereocenters. The molecule has 7 heteroatoms. The van der Waals surface area contributed by atoms with E-state index in [1.54, 1.807) is 24.3 Å². The second-order valence-electron chi connectivity index (χ2n) is 7.52. The van der Waals surface area contributed by atoms with Crippen molar-refractivity contribution in [2.45, 2.75) is 32.6 Å². The maximum Gasteiger partial charge on any atom is 0.339 e. The van der Waals surface area contributed by atoms with Crippen molar-refractivity contribution in [3.05, 3.63) is 65.4 Å². The first-order chi connectivity index (χ1) is 15.0. The molecule has 1 aliphatic rings. The highest BCUT2D eigenvalue weighted by Crippen LogP contribution is 2.29. The summed E-state index contributed by atoms with van der Waals surface area (Å²) in [5, 5.41) is 6.10. The second-order valence-corrected chi connectivity index (χ2v) is 7.52. The molecule has 31 heavy (non-hydrogen) atoms. The normalized spacial score (nSPS) is 12.7. The van der Waals surface area contributed by atoms with Crippen LogP contribution < -0.4 is 10.6 Å². The minimum absolute atomic E-state index is 0.172. The molecule has 0 radical (unpaired) electrons. The van der Waals surface area contributed by atoms with Gasteiger partial charge in [-0.3, -0.25) is 14.6 Å². The molecule has 1 aromatic heterocycles. The van der Waals surface area contributed by atoms with Crippen LogP contribution in [0.15, 0.2) is 48.5 Å². The number of hydrogen-bond donors (Lipinski definition) is 2. The largest absolute Gasteiger partial charge is 0.452 e. The lowest BCUT2D eigenvalue weighted by Crippen LogP contribution is -2.22. The fraction of sp³-hybridized carbons (Fsp3) is 0.250. The summed E-state index contributed by atoms with van der Waals surface area (Å²) < 4.78 is 5.38. The van der Waals surface area contributed by atoms with Gasteiger partial charge in [-0.1, -0.05) is 18.2 Å². The molecule has 2 amide bonds. The summed E-state index contributed by atoms with van der Waals surface area (Å²) in [6, 6.07) is 14.2. The predicted octanol–water partition coefficient (Wildman–Crippen LogP) is 3.87. The molecule has 158 valence electrons. The monoisotopic (exact) mass is 417 g/mol. The van der Waals surface area contributed by atoms with Crippen molar-refractivity contribution in [1.82, 2.24) is 4.98 Å². The number of rotatable bonds is 5. The van der Waals surface area contributed by atoms with Gasteiger partial charge in [-0.15, -0.1) is 0 Å². The Morgan fingerprint density at radius 3 is 2.35 bits per heavy atom. The number of fused-ring (bicyclic) bond motifs is 2. The number of nitrogens with zero attached hydrogens (tertiary/aromatic N) is 1. The third-order valence-corrected chi connectivity index (χ3v) is 5.20. The quantitative estimate of drug-likeness (QED) is 0.614. The zero-order chi connectivity index (χ0) is 21.8. The van der Waals surface area contributed by atoms with Gasteiger partial charge in [0.05, 0.1) is 11.1 Å². The van der Waals surface area contributed by atoms with Crippen LogP contribution in [0.4, 0.5) is 11.4 Å². The number of hydrogen-bond acceptors (Lipinski definition) is 5. The number of amides is 2. The summed E-state index contributed by atoms with van der Waals surface area (Å²) in [6.07, 6.45) is 3.68. The number of anilines is 2. The Labute approximate surface area is 179 Å². The topological polar surface area (TPSA) is 97.4 Å². The van der Waals surface area contributed by atoms with Crippen LogP contribution in [0, 0.1) is 0 Å². The predicted molar refractivity (Wildman–Crippen MR) is 118 cm³/mol. The van der Waals surface area contributed by atoms with Crippen LogP contribution in [0.25, 0.3) is 10.9 Å². The highest BCUT2D eigenvalue weighted by atomic mass is 16.5. The maximum absolute atomic E-state index is 13.0. The van der Waals surface area contributed by atoms with Gasteiger partial charge in [0.2, 0.25) is 5.91 Å². The van der Waals surface area contributed by atoms with E-state index in [1.165, 1.54) is 6.92 Å². The fourth-order valence-electron chi connectivity index (χ4n) is 3.85. The Balaban J connectivity index is 1.46. The van der Waals surface area contributed by atoms with E-state index in [4.69, 9.17) is 9.72 Å². The lowest BCUT2D eigenvalue weighted by atomic mass is 9.90. The standard InChI is InChI=1S/C24H23N3O4/c1-15(28)25-16-10-12-17(13-11-16)26-22(29)14-31-24(30)23-18-6-2-4-8-20(18)27-21-9-5-3-7-19(21)23/h2,4,6,8,10-13H,3,5,7,9,14H2,1H3,(H,25,28)(H,26,29). The van der Waals surface area contributed by atoms with Gasteiger partial charge >= 0.3 is 5.97 Å². The molecule has 0 unspecified atom stereocenters. The molecule has 0 saturated carbocycles. The van der Waals surface area contributed by atoms with Crippen molar-refractivity contribution in [3.63, 3.8) is 0 Å². The Bertz CT molecular complexity index is 1160. The summed E-state index contributed by atoms with van der Waals surface area (Å²) in [5.74, 6) is -1.12. The Morgan fingerprint density at radius 1 is 0.935 bits per heavy atom. The summed E-state index contributed by atoms with van der Waals surface area (Å²) in [7, 11) is 0. The summed E-state index contributed by atoms with van der Waals surface area (Å²) in [4.78, 5) is 41.1. The fourth-order valence-corrected chi connectivity index (χ4v) is 3.85. The SMILES string of the molecule is CC(=O)Nc1ccc(NC(=O)COC(=O)c2c3c(nc4ccccc24)CCCC3)cc1. The van der Waals surface area contributed by atoms with Crippen molar-refractivity contribution in [2.75, 3.05) is 17.2 Å².